The van der Waals surface area contributed by atoms with Crippen LogP contribution >= 0.6 is 0 Å². The zero-order valence-corrected chi connectivity index (χ0v) is 17.9. The van der Waals surface area contributed by atoms with E-state index in [4.69, 9.17) is 0 Å². The monoisotopic (exact) mass is 405 g/mol. The molecule has 1 saturated carbocycles. The van der Waals surface area contributed by atoms with Gasteiger partial charge in [0.2, 0.25) is 0 Å². The van der Waals surface area contributed by atoms with Crippen molar-refractivity contribution >= 4 is 17.2 Å². The lowest BCUT2D eigenvalue weighted by Crippen LogP contribution is -2.40. The molecule has 0 radical (unpaired) electrons. The average Bonchev–Trinajstić information content (AvgIpc) is 2.84. The highest BCUT2D eigenvalue weighted by Gasteiger charge is 2.43. The molecule has 0 N–H and O–H groups in total. The van der Waals surface area contributed by atoms with Crippen LogP contribution in [-0.4, -0.2) is 5.78 Å². The summed E-state index contributed by atoms with van der Waals surface area (Å²) in [4.78, 5) is 16.1. The zero-order chi connectivity index (χ0) is 21.5. The van der Waals surface area contributed by atoms with E-state index in [1.807, 2.05) is 67.7 Å². The number of allylic oxidation sites excluding steroid dienone is 1. The number of hydrogen-bond donors (Lipinski definition) is 0. The van der Waals surface area contributed by atoms with Crippen LogP contribution in [-0.2, 0) is 10.2 Å². The second-order valence-corrected chi connectivity index (χ2v) is 7.93. The molecule has 2 nitrogen and oxygen atoms in total. The Morgan fingerprint density at radius 3 is 1.97 bits per heavy atom. The van der Waals surface area contributed by atoms with Crippen molar-refractivity contribution in [3.8, 4) is 11.8 Å². The molecule has 4 rings (SSSR count). The van der Waals surface area contributed by atoms with E-state index >= 15 is 0 Å². The molecule has 3 aromatic carbocycles. The third kappa shape index (κ3) is 4.32. The van der Waals surface area contributed by atoms with Gasteiger partial charge in [0, 0.05) is 29.6 Å². The lowest BCUT2D eigenvalue weighted by Gasteiger charge is -2.37. The van der Waals surface area contributed by atoms with E-state index in [0.29, 0.717) is 6.42 Å². The van der Waals surface area contributed by atoms with E-state index in [1.54, 1.807) is 0 Å². The summed E-state index contributed by atoms with van der Waals surface area (Å²) in [5, 5.41) is 0. The van der Waals surface area contributed by atoms with Gasteiger partial charge in [-0.2, -0.15) is 0 Å². The van der Waals surface area contributed by atoms with E-state index in [1.165, 1.54) is 0 Å². The molecule has 1 aliphatic carbocycles. The third-order valence-corrected chi connectivity index (χ3v) is 6.02. The van der Waals surface area contributed by atoms with Crippen LogP contribution in [0.5, 0.6) is 0 Å². The topological polar surface area (TPSA) is 20.3 Å². The van der Waals surface area contributed by atoms with Crippen LogP contribution < -0.4 is 4.90 Å². The van der Waals surface area contributed by atoms with Crippen LogP contribution in [0, 0.1) is 11.8 Å². The van der Waals surface area contributed by atoms with E-state index in [0.717, 1.165) is 41.8 Å². The van der Waals surface area contributed by atoms with Crippen molar-refractivity contribution in [2.45, 2.75) is 38.0 Å². The number of para-hydroxylation sites is 2. The number of benzene rings is 3. The predicted molar refractivity (Wildman–Crippen MR) is 128 cm³/mol. The van der Waals surface area contributed by atoms with Crippen molar-refractivity contribution in [3.63, 3.8) is 0 Å². The molecule has 0 saturated heterocycles. The van der Waals surface area contributed by atoms with Crippen LogP contribution in [0.3, 0.4) is 0 Å². The first-order valence-electron chi connectivity index (χ1n) is 10.8. The summed E-state index contributed by atoms with van der Waals surface area (Å²) >= 11 is 0. The maximum Gasteiger partial charge on any atom is 0.171 e. The molecule has 1 aliphatic rings. The molecule has 1 unspecified atom stereocenters. The van der Waals surface area contributed by atoms with Gasteiger partial charge < -0.3 is 4.90 Å². The first-order valence-corrected chi connectivity index (χ1v) is 10.8. The maximum atomic E-state index is 14.0. The van der Waals surface area contributed by atoms with E-state index in [2.05, 4.69) is 53.1 Å². The smallest absolute Gasteiger partial charge is 0.171 e. The largest absolute Gasteiger partial charge is 0.317 e. The number of hydrogen-bond acceptors (Lipinski definition) is 2. The number of carbonyl (C=O) groups excluding carboxylic acids is 1. The molecular weight excluding hydrogens is 378 g/mol. The van der Waals surface area contributed by atoms with Gasteiger partial charge in [-0.15, -0.1) is 11.8 Å². The molecule has 0 aromatic heterocycles. The van der Waals surface area contributed by atoms with Gasteiger partial charge in [0.25, 0.3) is 0 Å². The van der Waals surface area contributed by atoms with Crippen molar-refractivity contribution in [2.75, 3.05) is 4.90 Å². The summed E-state index contributed by atoms with van der Waals surface area (Å²) in [6, 6.07) is 30.6. The van der Waals surface area contributed by atoms with Crippen LogP contribution in [0.1, 0.15) is 38.2 Å². The van der Waals surface area contributed by atoms with E-state index in [9.17, 15) is 4.79 Å². The summed E-state index contributed by atoms with van der Waals surface area (Å²) in [6.07, 6.45) is 5.18. The maximum absolute atomic E-state index is 14.0. The molecule has 0 aliphatic heterocycles. The molecule has 0 bridgehead atoms. The predicted octanol–water partition coefficient (Wildman–Crippen LogP) is 6.81. The van der Waals surface area contributed by atoms with Crippen molar-refractivity contribution in [1.82, 2.24) is 0 Å². The molecule has 31 heavy (non-hydrogen) atoms. The number of carbonyl (C=O) groups is 1. The average molecular weight is 406 g/mol. The number of ketones is 1. The summed E-state index contributed by atoms with van der Waals surface area (Å²) in [7, 11) is 0. The molecule has 1 fully saturated rings. The lowest BCUT2D eigenvalue weighted by atomic mass is 9.65. The second-order valence-electron chi connectivity index (χ2n) is 7.93. The Morgan fingerprint density at radius 1 is 0.871 bits per heavy atom. The first kappa shape index (κ1) is 20.7. The fourth-order valence-corrected chi connectivity index (χ4v) is 4.41. The molecule has 0 amide bonds. The molecule has 0 heterocycles. The summed E-state index contributed by atoms with van der Waals surface area (Å²) in [6.45, 7) is 1.84. The van der Waals surface area contributed by atoms with Gasteiger partial charge in [0.05, 0.1) is 5.41 Å². The Morgan fingerprint density at radius 2 is 1.42 bits per heavy atom. The standard InChI is InChI=1S/C29H27NO/c1-2-3-21-29(25-15-7-4-8-16-25)22-13-14-24(28(29)31)23-30(26-17-9-5-10-18-26)27-19-11-6-12-20-27/h4-12,15-20,23H,13-14,21-22H2,1H3/b24-23+. The minimum Gasteiger partial charge on any atom is -0.317 e. The summed E-state index contributed by atoms with van der Waals surface area (Å²) in [5.41, 5.74) is 3.43. The van der Waals surface area contributed by atoms with Gasteiger partial charge in [-0.1, -0.05) is 66.7 Å². The highest BCUT2D eigenvalue weighted by atomic mass is 16.1. The van der Waals surface area contributed by atoms with Crippen molar-refractivity contribution in [2.24, 2.45) is 0 Å². The molecule has 154 valence electrons. The lowest BCUT2D eigenvalue weighted by molar-refractivity contribution is -0.122. The van der Waals surface area contributed by atoms with Gasteiger partial charge in [-0.25, -0.2) is 0 Å². The molecule has 3 aromatic rings. The van der Waals surface area contributed by atoms with Crippen LogP contribution in [0.4, 0.5) is 11.4 Å². The Labute approximate surface area is 185 Å². The normalized spacial score (nSPS) is 19.5. The zero-order valence-electron chi connectivity index (χ0n) is 17.9. The third-order valence-electron chi connectivity index (χ3n) is 6.02. The summed E-state index contributed by atoms with van der Waals surface area (Å²) in [5.74, 6) is 6.42. The fraction of sp³-hybridized carbons (Fsp3) is 0.207. The molecule has 0 spiro atoms. The van der Waals surface area contributed by atoms with E-state index in [-0.39, 0.29) is 5.78 Å². The minimum absolute atomic E-state index is 0.199. The molecule has 1 atom stereocenters. The van der Waals surface area contributed by atoms with Crippen molar-refractivity contribution < 1.29 is 4.79 Å². The van der Waals surface area contributed by atoms with Crippen LogP contribution in [0.15, 0.2) is 103 Å². The molecular formula is C29H27NO. The van der Waals surface area contributed by atoms with Gasteiger partial charge in [-0.05, 0) is 56.0 Å². The number of Topliss-reactive ketones (excluding diaryl/α,β-unsaturated/α-hetero) is 1. The number of nitrogens with zero attached hydrogens (tertiary/aromatic N) is 1. The van der Waals surface area contributed by atoms with Gasteiger partial charge in [0.15, 0.2) is 5.78 Å². The van der Waals surface area contributed by atoms with Crippen molar-refractivity contribution in [3.05, 3.63) is 108 Å². The molecule has 2 heteroatoms. The minimum atomic E-state index is -0.576. The van der Waals surface area contributed by atoms with E-state index < -0.39 is 5.41 Å². The van der Waals surface area contributed by atoms with Gasteiger partial charge in [0.1, 0.15) is 0 Å². The van der Waals surface area contributed by atoms with Gasteiger partial charge >= 0.3 is 0 Å². The number of anilines is 2. The Hall–Kier alpha value is -3.57. The Kier molecular flexibility index (Phi) is 6.34. The fourth-order valence-electron chi connectivity index (χ4n) is 4.41. The van der Waals surface area contributed by atoms with Crippen LogP contribution in [0.2, 0.25) is 0 Å². The first-order chi connectivity index (χ1) is 15.2. The second kappa shape index (κ2) is 9.49. The quantitative estimate of drug-likeness (QED) is 0.343. The SMILES string of the molecule is CC#CCC1(c2ccccc2)CCC/C(=C\N(c2ccccc2)c2ccccc2)C1=O. The highest BCUT2D eigenvalue weighted by molar-refractivity contribution is 6.05. The van der Waals surface area contributed by atoms with Gasteiger partial charge in [-0.3, -0.25) is 4.79 Å². The van der Waals surface area contributed by atoms with Crippen LogP contribution in [0.25, 0.3) is 0 Å². The Balaban J connectivity index is 1.80. The summed E-state index contributed by atoms with van der Waals surface area (Å²) < 4.78 is 0. The highest BCUT2D eigenvalue weighted by Crippen LogP contribution is 2.42. The van der Waals surface area contributed by atoms with Crippen molar-refractivity contribution in [1.29, 1.82) is 0 Å². The Bertz CT molecular complexity index is 1070. The number of rotatable bonds is 5.